The molecule has 0 amide bonds. The van der Waals surface area contributed by atoms with Gasteiger partial charge in [-0.25, -0.2) is 0 Å². The molecule has 0 saturated heterocycles. The molecule has 0 fully saturated rings. The Bertz CT molecular complexity index is 859. The number of ether oxygens (including phenoxy) is 2. The van der Waals surface area contributed by atoms with Crippen LogP contribution in [0.25, 0.3) is 0 Å². The predicted molar refractivity (Wildman–Crippen MR) is 149 cm³/mol. The van der Waals surface area contributed by atoms with Crippen LogP contribution in [0.2, 0.25) is 10.0 Å². The average Bonchev–Trinajstić information content (AvgIpc) is 2.81. The van der Waals surface area contributed by atoms with Crippen LogP contribution in [0.15, 0.2) is 34.8 Å². The molecule has 7 heteroatoms. The molecule has 1 N–H and O–H groups in total. The minimum Gasteiger partial charge on any atom is -0.490 e. The maximum absolute atomic E-state index is 6.30. The highest BCUT2D eigenvalue weighted by atomic mass is 79.9. The van der Waals surface area contributed by atoms with Gasteiger partial charge in [0.05, 0.1) is 11.1 Å². The summed E-state index contributed by atoms with van der Waals surface area (Å²) in [5, 5.41) is 4.78. The monoisotopic (exact) mass is 572 g/mol. The van der Waals surface area contributed by atoms with E-state index < -0.39 is 0 Å². The summed E-state index contributed by atoms with van der Waals surface area (Å²) >= 11 is 16.0. The first-order chi connectivity index (χ1) is 16.5. The van der Waals surface area contributed by atoms with Gasteiger partial charge in [0.25, 0.3) is 0 Å². The van der Waals surface area contributed by atoms with Crippen LogP contribution >= 0.6 is 39.1 Å². The molecule has 190 valence electrons. The molecule has 0 aromatic heterocycles. The third-order valence-electron chi connectivity index (χ3n) is 5.57. The summed E-state index contributed by atoms with van der Waals surface area (Å²) in [6.45, 7) is 12.7. The molecule has 34 heavy (non-hydrogen) atoms. The van der Waals surface area contributed by atoms with Gasteiger partial charge in [-0.05, 0) is 98.1 Å². The number of nitrogens with one attached hydrogen (secondary N) is 1. The predicted octanol–water partition coefficient (Wildman–Crippen LogP) is 8.12. The second-order valence-corrected chi connectivity index (χ2v) is 10.1. The molecule has 0 radical (unpaired) electrons. The second-order valence-electron chi connectivity index (χ2n) is 8.44. The molecule has 0 saturated carbocycles. The highest BCUT2D eigenvalue weighted by Gasteiger charge is 2.14. The summed E-state index contributed by atoms with van der Waals surface area (Å²) in [7, 11) is 0. The molecule has 0 aliphatic rings. The molecule has 0 unspecified atom stereocenters. The number of nitrogens with zero attached hydrogens (tertiary/aromatic N) is 1. The third kappa shape index (κ3) is 10.3. The Labute approximate surface area is 224 Å². The Hall–Kier alpha value is -0.980. The maximum Gasteiger partial charge on any atom is 0.175 e. The Morgan fingerprint density at radius 2 is 1.62 bits per heavy atom. The van der Waals surface area contributed by atoms with E-state index in [0.717, 1.165) is 47.4 Å². The lowest BCUT2D eigenvalue weighted by atomic mass is 10.2. The van der Waals surface area contributed by atoms with Crippen molar-refractivity contribution in [2.24, 2.45) is 0 Å². The van der Waals surface area contributed by atoms with Crippen molar-refractivity contribution in [3.8, 4) is 11.5 Å². The molecule has 0 aliphatic carbocycles. The van der Waals surface area contributed by atoms with Crippen LogP contribution in [0.3, 0.4) is 0 Å². The van der Waals surface area contributed by atoms with Crippen molar-refractivity contribution in [1.29, 1.82) is 0 Å². The van der Waals surface area contributed by atoms with Gasteiger partial charge in [0.2, 0.25) is 0 Å². The smallest absolute Gasteiger partial charge is 0.175 e. The minimum absolute atomic E-state index is 0.332. The van der Waals surface area contributed by atoms with Crippen molar-refractivity contribution in [3.05, 3.63) is 56.0 Å². The van der Waals surface area contributed by atoms with Gasteiger partial charge in [-0.3, -0.25) is 0 Å². The van der Waals surface area contributed by atoms with Crippen LogP contribution in [0.4, 0.5) is 0 Å². The summed E-state index contributed by atoms with van der Waals surface area (Å²) in [5.74, 6) is 1.41. The summed E-state index contributed by atoms with van der Waals surface area (Å²) in [6.07, 6.45) is 6.22. The Balaban J connectivity index is 1.91. The van der Waals surface area contributed by atoms with Crippen molar-refractivity contribution in [2.75, 3.05) is 32.8 Å². The molecule has 2 aromatic carbocycles. The lowest BCUT2D eigenvalue weighted by Crippen LogP contribution is -2.29. The SMILES string of the molecule is CCCCN(CCCC)CCCNCc1cc(Br)c(OCc2ccc(Cl)cc2Cl)c(OCC)c1. The Morgan fingerprint density at radius 1 is 0.912 bits per heavy atom. The van der Waals surface area contributed by atoms with Crippen LogP contribution in [-0.4, -0.2) is 37.7 Å². The summed E-state index contributed by atoms with van der Waals surface area (Å²) < 4.78 is 12.8. The Kier molecular flexibility index (Phi) is 14.3. The van der Waals surface area contributed by atoms with E-state index in [-0.39, 0.29) is 0 Å². The van der Waals surface area contributed by atoms with Gasteiger partial charge in [-0.2, -0.15) is 0 Å². The molecule has 0 heterocycles. The molecule has 2 rings (SSSR count). The summed E-state index contributed by atoms with van der Waals surface area (Å²) in [4.78, 5) is 2.61. The zero-order valence-corrected chi connectivity index (χ0v) is 23.9. The van der Waals surface area contributed by atoms with Crippen molar-refractivity contribution < 1.29 is 9.47 Å². The first-order valence-electron chi connectivity index (χ1n) is 12.4. The molecule has 2 aromatic rings. The zero-order chi connectivity index (χ0) is 24.8. The van der Waals surface area contributed by atoms with Gasteiger partial charge < -0.3 is 19.7 Å². The molecule has 0 bridgehead atoms. The highest BCUT2D eigenvalue weighted by molar-refractivity contribution is 9.10. The van der Waals surface area contributed by atoms with E-state index in [1.807, 2.05) is 19.1 Å². The van der Waals surface area contributed by atoms with E-state index in [2.05, 4.69) is 52.1 Å². The fourth-order valence-electron chi connectivity index (χ4n) is 3.67. The van der Waals surface area contributed by atoms with Crippen molar-refractivity contribution in [1.82, 2.24) is 10.2 Å². The van der Waals surface area contributed by atoms with Crippen molar-refractivity contribution >= 4 is 39.1 Å². The fraction of sp³-hybridized carbons (Fsp3) is 0.556. The standard InChI is InChI=1S/C27H39BrCl2N2O2/c1-4-7-13-32(14-8-5-2)15-9-12-31-19-21-16-24(28)27(26(17-21)33-6-3)34-20-22-10-11-23(29)18-25(22)30/h10-11,16-18,31H,4-9,12-15,19-20H2,1-3H3. The number of hydrogen-bond acceptors (Lipinski definition) is 4. The molecule has 0 atom stereocenters. The Morgan fingerprint density at radius 3 is 2.26 bits per heavy atom. The van der Waals surface area contributed by atoms with Crippen LogP contribution in [0, 0.1) is 0 Å². The van der Waals surface area contributed by atoms with Gasteiger partial charge in [-0.15, -0.1) is 0 Å². The van der Waals surface area contributed by atoms with E-state index in [4.69, 9.17) is 32.7 Å². The fourth-order valence-corrected chi connectivity index (χ4v) is 4.74. The van der Waals surface area contributed by atoms with Gasteiger partial charge >= 0.3 is 0 Å². The number of unbranched alkanes of at least 4 members (excludes halogenated alkanes) is 2. The van der Waals surface area contributed by atoms with E-state index in [1.165, 1.54) is 38.8 Å². The van der Waals surface area contributed by atoms with E-state index in [9.17, 15) is 0 Å². The molecular formula is C27H39BrCl2N2O2. The van der Waals surface area contributed by atoms with E-state index in [1.54, 1.807) is 6.07 Å². The maximum atomic E-state index is 6.30. The van der Waals surface area contributed by atoms with Crippen LogP contribution in [0.1, 0.15) is 64.0 Å². The topological polar surface area (TPSA) is 33.7 Å². The van der Waals surface area contributed by atoms with Crippen LogP contribution in [-0.2, 0) is 13.2 Å². The molecule has 0 spiro atoms. The van der Waals surface area contributed by atoms with Gasteiger partial charge in [-0.1, -0.05) is 56.0 Å². The van der Waals surface area contributed by atoms with Crippen LogP contribution < -0.4 is 14.8 Å². The van der Waals surface area contributed by atoms with E-state index in [0.29, 0.717) is 29.0 Å². The van der Waals surface area contributed by atoms with Gasteiger partial charge in [0.15, 0.2) is 11.5 Å². The quantitative estimate of drug-likeness (QED) is 0.194. The van der Waals surface area contributed by atoms with Crippen molar-refractivity contribution in [2.45, 2.75) is 66.0 Å². The highest BCUT2D eigenvalue weighted by Crippen LogP contribution is 2.38. The molecular weight excluding hydrogens is 535 g/mol. The lowest BCUT2D eigenvalue weighted by Gasteiger charge is -2.22. The second kappa shape index (κ2) is 16.6. The van der Waals surface area contributed by atoms with Gasteiger partial charge in [0, 0.05) is 22.2 Å². The number of halogens is 3. The summed E-state index contributed by atoms with van der Waals surface area (Å²) in [6, 6.07) is 9.55. The minimum atomic E-state index is 0.332. The van der Waals surface area contributed by atoms with Crippen LogP contribution in [0.5, 0.6) is 11.5 Å². The van der Waals surface area contributed by atoms with E-state index >= 15 is 0 Å². The zero-order valence-electron chi connectivity index (χ0n) is 20.8. The first-order valence-corrected chi connectivity index (χ1v) is 14.0. The third-order valence-corrected chi connectivity index (χ3v) is 6.75. The molecule has 4 nitrogen and oxygen atoms in total. The number of benzene rings is 2. The number of rotatable bonds is 17. The largest absolute Gasteiger partial charge is 0.490 e. The lowest BCUT2D eigenvalue weighted by molar-refractivity contribution is 0.261. The number of hydrogen-bond donors (Lipinski definition) is 1. The average molecular weight is 574 g/mol. The van der Waals surface area contributed by atoms with Gasteiger partial charge in [0.1, 0.15) is 6.61 Å². The first kappa shape index (κ1) is 29.3. The normalized spacial score (nSPS) is 11.3. The summed E-state index contributed by atoms with van der Waals surface area (Å²) in [5.41, 5.74) is 2.03. The molecule has 0 aliphatic heterocycles. The van der Waals surface area contributed by atoms with Crippen molar-refractivity contribution in [3.63, 3.8) is 0 Å².